The van der Waals surface area contributed by atoms with Gasteiger partial charge in [-0.2, -0.15) is 0 Å². The fourth-order valence-electron chi connectivity index (χ4n) is 1.84. The van der Waals surface area contributed by atoms with E-state index < -0.39 is 0 Å². The van der Waals surface area contributed by atoms with Crippen molar-refractivity contribution in [3.63, 3.8) is 0 Å². The van der Waals surface area contributed by atoms with Crippen LogP contribution in [-0.4, -0.2) is 30.2 Å². The van der Waals surface area contributed by atoms with Gasteiger partial charge in [0.1, 0.15) is 11.6 Å². The van der Waals surface area contributed by atoms with Crippen molar-refractivity contribution in [3.05, 3.63) is 16.0 Å². The molecule has 0 saturated heterocycles. The lowest BCUT2D eigenvalue weighted by Gasteiger charge is -2.22. The molecule has 1 aromatic heterocycles. The maximum atomic E-state index is 5.10. The summed E-state index contributed by atoms with van der Waals surface area (Å²) in [4.78, 5) is 9.36. The summed E-state index contributed by atoms with van der Waals surface area (Å²) in [6.45, 7) is 10.3. The molecule has 1 rings (SSSR count). The minimum atomic E-state index is -0.0135. The molecule has 0 bridgehead atoms. The molecule has 0 aliphatic heterocycles. The number of aromatic nitrogens is 2. The third-order valence-corrected chi connectivity index (χ3v) is 3.65. The second-order valence-corrected chi connectivity index (χ2v) is 6.72. The van der Waals surface area contributed by atoms with Crippen LogP contribution in [0.2, 0.25) is 0 Å². The van der Waals surface area contributed by atoms with Crippen LogP contribution < -0.4 is 5.32 Å². The zero-order chi connectivity index (χ0) is 15.2. The van der Waals surface area contributed by atoms with E-state index in [2.05, 4.69) is 53.9 Å². The van der Waals surface area contributed by atoms with Crippen molar-refractivity contribution in [2.45, 2.75) is 52.4 Å². The molecule has 1 aromatic rings. The van der Waals surface area contributed by atoms with Gasteiger partial charge >= 0.3 is 0 Å². The molecular weight excluding hydrogens is 318 g/mol. The maximum absolute atomic E-state index is 5.10. The Morgan fingerprint density at radius 3 is 2.50 bits per heavy atom. The molecule has 1 N–H and O–H groups in total. The van der Waals surface area contributed by atoms with Crippen LogP contribution in [0.5, 0.6) is 0 Å². The van der Waals surface area contributed by atoms with Crippen LogP contribution in [0.25, 0.3) is 0 Å². The second-order valence-electron chi connectivity index (χ2n) is 5.92. The minimum Gasteiger partial charge on any atom is -0.385 e. The number of nitrogens with one attached hydrogen (secondary N) is 1. The monoisotopic (exact) mass is 343 g/mol. The first-order chi connectivity index (χ1) is 9.40. The number of rotatable bonds is 7. The highest BCUT2D eigenvalue weighted by molar-refractivity contribution is 9.10. The molecular formula is C15H26BrN3O. The molecule has 20 heavy (non-hydrogen) atoms. The highest BCUT2D eigenvalue weighted by Crippen LogP contribution is 2.32. The van der Waals surface area contributed by atoms with Crippen molar-refractivity contribution >= 4 is 21.7 Å². The molecule has 0 amide bonds. The zero-order valence-corrected chi connectivity index (χ0v) is 14.8. The SMILES string of the molecule is CCCNc1nc(CCCOC)nc(C(C)(C)C)c1Br. The molecule has 5 heteroatoms. The molecule has 0 aromatic carbocycles. The van der Waals surface area contributed by atoms with Crippen LogP contribution in [0.15, 0.2) is 4.47 Å². The van der Waals surface area contributed by atoms with E-state index in [0.717, 1.165) is 54.2 Å². The molecule has 0 saturated carbocycles. The zero-order valence-electron chi connectivity index (χ0n) is 13.2. The fraction of sp³-hybridized carbons (Fsp3) is 0.733. The Morgan fingerprint density at radius 2 is 1.95 bits per heavy atom. The van der Waals surface area contributed by atoms with Gasteiger partial charge in [0.15, 0.2) is 0 Å². The van der Waals surface area contributed by atoms with Crippen LogP contribution in [-0.2, 0) is 16.6 Å². The number of ether oxygens (including phenoxy) is 1. The quantitative estimate of drug-likeness (QED) is 0.761. The van der Waals surface area contributed by atoms with E-state index in [-0.39, 0.29) is 5.41 Å². The van der Waals surface area contributed by atoms with E-state index >= 15 is 0 Å². The number of hydrogen-bond acceptors (Lipinski definition) is 4. The number of methoxy groups -OCH3 is 1. The lowest BCUT2D eigenvalue weighted by molar-refractivity contribution is 0.194. The third kappa shape index (κ3) is 5.02. The number of hydrogen-bond donors (Lipinski definition) is 1. The Hall–Kier alpha value is -0.680. The average molecular weight is 344 g/mol. The van der Waals surface area contributed by atoms with Gasteiger partial charge in [0.25, 0.3) is 0 Å². The van der Waals surface area contributed by atoms with Gasteiger partial charge < -0.3 is 10.1 Å². The van der Waals surface area contributed by atoms with Gasteiger partial charge in [-0.3, -0.25) is 0 Å². The first-order valence-corrected chi connectivity index (χ1v) is 7.99. The third-order valence-electron chi connectivity index (χ3n) is 2.90. The van der Waals surface area contributed by atoms with Gasteiger partial charge in [-0.25, -0.2) is 9.97 Å². The summed E-state index contributed by atoms with van der Waals surface area (Å²) in [5.74, 6) is 1.79. The first-order valence-electron chi connectivity index (χ1n) is 7.19. The average Bonchev–Trinajstić information content (AvgIpc) is 2.37. The first kappa shape index (κ1) is 17.4. The topological polar surface area (TPSA) is 47.0 Å². The molecule has 0 radical (unpaired) electrons. The lowest BCUT2D eigenvalue weighted by Crippen LogP contribution is -2.19. The molecule has 0 fully saturated rings. The Balaban J connectivity index is 3.06. The van der Waals surface area contributed by atoms with Crippen molar-refractivity contribution in [2.24, 2.45) is 0 Å². The van der Waals surface area contributed by atoms with Gasteiger partial charge in [-0.05, 0) is 28.8 Å². The molecule has 0 unspecified atom stereocenters. The molecule has 0 atom stereocenters. The minimum absolute atomic E-state index is 0.0135. The van der Waals surface area contributed by atoms with Crippen molar-refractivity contribution in [1.29, 1.82) is 0 Å². The summed E-state index contributed by atoms with van der Waals surface area (Å²) < 4.78 is 6.08. The predicted octanol–water partition coefficient (Wildman–Crippen LogP) is 3.94. The standard InChI is InChI=1S/C15H26BrN3O/c1-6-9-17-14-12(16)13(15(2,3)4)18-11(19-14)8-7-10-20-5/h6-10H2,1-5H3,(H,17,18,19). The van der Waals surface area contributed by atoms with Gasteiger partial charge in [0.2, 0.25) is 0 Å². The molecule has 4 nitrogen and oxygen atoms in total. The summed E-state index contributed by atoms with van der Waals surface area (Å²) >= 11 is 3.65. The Morgan fingerprint density at radius 1 is 1.25 bits per heavy atom. The van der Waals surface area contributed by atoms with Crippen molar-refractivity contribution < 1.29 is 4.74 Å². The van der Waals surface area contributed by atoms with Crippen LogP contribution in [0.4, 0.5) is 5.82 Å². The van der Waals surface area contributed by atoms with Crippen LogP contribution in [0.1, 0.15) is 52.1 Å². The summed E-state index contributed by atoms with van der Waals surface area (Å²) in [5.41, 5.74) is 1.04. The molecule has 0 spiro atoms. The largest absolute Gasteiger partial charge is 0.385 e. The van der Waals surface area contributed by atoms with E-state index in [1.54, 1.807) is 7.11 Å². The molecule has 114 valence electrons. The van der Waals surface area contributed by atoms with Crippen molar-refractivity contribution in [1.82, 2.24) is 9.97 Å². The van der Waals surface area contributed by atoms with E-state index in [9.17, 15) is 0 Å². The molecule has 1 heterocycles. The maximum Gasteiger partial charge on any atom is 0.144 e. The normalized spacial score (nSPS) is 11.7. The molecule has 0 aliphatic carbocycles. The van der Waals surface area contributed by atoms with E-state index in [1.807, 2.05) is 0 Å². The smallest absolute Gasteiger partial charge is 0.144 e. The Bertz CT molecular complexity index is 430. The number of halogens is 1. The number of aryl methyl sites for hydroxylation is 1. The summed E-state index contributed by atoms with van der Waals surface area (Å²) in [6, 6.07) is 0. The summed E-state index contributed by atoms with van der Waals surface area (Å²) in [6.07, 6.45) is 2.85. The van der Waals surface area contributed by atoms with E-state index in [0.29, 0.717) is 0 Å². The number of nitrogens with zero attached hydrogens (tertiary/aromatic N) is 2. The van der Waals surface area contributed by atoms with Gasteiger partial charge in [0.05, 0.1) is 10.2 Å². The van der Waals surface area contributed by atoms with Gasteiger partial charge in [-0.1, -0.05) is 27.7 Å². The Labute approximate surface area is 130 Å². The summed E-state index contributed by atoms with van der Waals surface area (Å²) in [7, 11) is 1.72. The van der Waals surface area contributed by atoms with Gasteiger partial charge in [-0.15, -0.1) is 0 Å². The second kappa shape index (κ2) is 7.93. The number of anilines is 1. The van der Waals surface area contributed by atoms with Crippen molar-refractivity contribution in [2.75, 3.05) is 25.6 Å². The van der Waals surface area contributed by atoms with Crippen molar-refractivity contribution in [3.8, 4) is 0 Å². The van der Waals surface area contributed by atoms with Gasteiger partial charge in [0, 0.05) is 32.1 Å². The van der Waals surface area contributed by atoms with Crippen LogP contribution in [0, 0.1) is 0 Å². The van der Waals surface area contributed by atoms with E-state index in [4.69, 9.17) is 9.72 Å². The van der Waals surface area contributed by atoms with Crippen LogP contribution in [0.3, 0.4) is 0 Å². The van der Waals surface area contributed by atoms with Crippen LogP contribution >= 0.6 is 15.9 Å². The van der Waals surface area contributed by atoms with E-state index in [1.165, 1.54) is 0 Å². The lowest BCUT2D eigenvalue weighted by atomic mass is 9.91. The highest BCUT2D eigenvalue weighted by atomic mass is 79.9. The Kier molecular flexibility index (Phi) is 6.89. The molecule has 0 aliphatic rings. The highest BCUT2D eigenvalue weighted by Gasteiger charge is 2.23. The summed E-state index contributed by atoms with van der Waals surface area (Å²) in [5, 5.41) is 3.38. The fourth-order valence-corrected chi connectivity index (χ4v) is 2.75. The predicted molar refractivity (Wildman–Crippen MR) is 87.4 cm³/mol.